The number of primary amides is 1. The van der Waals surface area contributed by atoms with Crippen LogP contribution in [0.3, 0.4) is 0 Å². The molecular formula is C22H16ClF4N3O7. The van der Waals surface area contributed by atoms with E-state index in [1.54, 1.807) is 0 Å². The number of pyridine rings is 1. The molecule has 1 aromatic heterocycles. The zero-order valence-electron chi connectivity index (χ0n) is 18.2. The zero-order chi connectivity index (χ0) is 27.7. The lowest BCUT2D eigenvalue weighted by molar-refractivity contribution is -0.304. The molecule has 2 amide bonds. The number of aliphatic hydroxyl groups is 3. The Hall–Kier alpha value is -3.98. The van der Waals surface area contributed by atoms with Gasteiger partial charge in [-0.2, -0.15) is 13.2 Å². The van der Waals surface area contributed by atoms with Crippen molar-refractivity contribution in [3.63, 3.8) is 0 Å². The Morgan fingerprint density at radius 1 is 1.11 bits per heavy atom. The summed E-state index contributed by atoms with van der Waals surface area (Å²) in [7, 11) is 0. The number of anilines is 1. The molecule has 0 bridgehead atoms. The van der Waals surface area contributed by atoms with Gasteiger partial charge in [0.05, 0.1) is 10.6 Å². The third-order valence-electron chi connectivity index (χ3n) is 4.71. The van der Waals surface area contributed by atoms with E-state index in [1.165, 1.54) is 6.07 Å². The summed E-state index contributed by atoms with van der Waals surface area (Å²) in [5.41, 5.74) is 3.78. The second-order valence-electron chi connectivity index (χ2n) is 7.38. The van der Waals surface area contributed by atoms with Gasteiger partial charge < -0.3 is 30.9 Å². The number of phenolic OH excluding ortho intramolecular Hbond substituents is 1. The Morgan fingerprint density at radius 3 is 2.35 bits per heavy atom. The summed E-state index contributed by atoms with van der Waals surface area (Å²) in [4.78, 5) is 27.8. The molecule has 0 aliphatic carbocycles. The number of rotatable bonds is 7. The molecular weight excluding hydrogens is 530 g/mol. The van der Waals surface area contributed by atoms with Gasteiger partial charge in [0.15, 0.2) is 18.2 Å². The number of halogens is 5. The normalized spacial score (nSPS) is 11.8. The van der Waals surface area contributed by atoms with E-state index in [0.29, 0.717) is 0 Å². The second-order valence-corrected chi connectivity index (χ2v) is 7.79. The van der Waals surface area contributed by atoms with Crippen LogP contribution < -0.4 is 15.4 Å². The van der Waals surface area contributed by atoms with Crippen molar-refractivity contribution < 1.29 is 52.3 Å². The minimum absolute atomic E-state index is 0.0965. The topological polar surface area (TPSA) is 166 Å². The molecule has 0 saturated carbocycles. The molecule has 196 valence electrons. The number of carbonyl (C=O) groups is 2. The van der Waals surface area contributed by atoms with Crippen LogP contribution in [0, 0.1) is 5.82 Å². The molecule has 0 saturated heterocycles. The van der Waals surface area contributed by atoms with Gasteiger partial charge in [0, 0.05) is 22.9 Å². The molecule has 1 heterocycles. The average molecular weight is 546 g/mol. The van der Waals surface area contributed by atoms with Crippen molar-refractivity contribution in [2.45, 2.75) is 12.3 Å². The minimum Gasteiger partial charge on any atom is -0.507 e. The molecule has 3 aromatic rings. The first kappa shape index (κ1) is 27.6. The Labute approximate surface area is 209 Å². The predicted molar refractivity (Wildman–Crippen MR) is 119 cm³/mol. The first-order chi connectivity index (χ1) is 17.1. The van der Waals surface area contributed by atoms with Crippen LogP contribution in [0.1, 0.15) is 20.7 Å². The van der Waals surface area contributed by atoms with Gasteiger partial charge in [0.1, 0.15) is 11.6 Å². The number of nitrogens with two attached hydrogens (primary N) is 1. The van der Waals surface area contributed by atoms with E-state index < -0.39 is 64.4 Å². The number of amides is 2. The van der Waals surface area contributed by atoms with Gasteiger partial charge in [-0.1, -0.05) is 17.7 Å². The number of nitrogens with zero attached hydrogens (tertiary/aromatic N) is 2. The van der Waals surface area contributed by atoms with E-state index in [0.717, 1.165) is 42.6 Å². The minimum atomic E-state index is -4.93. The number of benzene rings is 2. The number of aromatic hydroxyl groups is 1. The highest BCUT2D eigenvalue weighted by molar-refractivity contribution is 6.34. The van der Waals surface area contributed by atoms with E-state index in [-0.39, 0.29) is 21.6 Å². The quantitative estimate of drug-likeness (QED) is 0.223. The van der Waals surface area contributed by atoms with Crippen LogP contribution in [0.5, 0.6) is 11.5 Å². The lowest BCUT2D eigenvalue weighted by atomic mass is 10.0. The fraction of sp³-hybridized carbons (Fsp3) is 0.136. The number of hydrogen-bond donors (Lipinski definition) is 5. The zero-order valence-corrected chi connectivity index (χ0v) is 19.0. The van der Waals surface area contributed by atoms with Crippen molar-refractivity contribution in [3.05, 3.63) is 70.6 Å². The lowest BCUT2D eigenvalue weighted by Crippen LogP contribution is -2.53. The largest absolute Gasteiger partial charge is 0.507 e. The lowest BCUT2D eigenvalue weighted by Gasteiger charge is -2.31. The van der Waals surface area contributed by atoms with Gasteiger partial charge in [0.25, 0.3) is 5.91 Å². The maximum Gasteiger partial charge on any atom is 0.422 e. The summed E-state index contributed by atoms with van der Waals surface area (Å²) in [5.74, 6) is -6.42. The molecule has 0 unspecified atom stereocenters. The first-order valence-electron chi connectivity index (χ1n) is 9.88. The van der Waals surface area contributed by atoms with Crippen molar-refractivity contribution >= 4 is 29.2 Å². The van der Waals surface area contributed by atoms with Crippen LogP contribution in [0.4, 0.5) is 23.4 Å². The molecule has 0 fully saturated rings. The molecule has 37 heavy (non-hydrogen) atoms. The SMILES string of the molecule is NC(=O)c1ccc(O)c(-c2cnc(N(C(=O)c3c(F)cccc3Cl)C(O)(O)O)c(OCC(F)(F)F)c2)c1. The highest BCUT2D eigenvalue weighted by atomic mass is 35.5. The highest BCUT2D eigenvalue weighted by Crippen LogP contribution is 2.38. The van der Waals surface area contributed by atoms with Gasteiger partial charge >= 0.3 is 12.3 Å². The molecule has 0 aliphatic heterocycles. The van der Waals surface area contributed by atoms with Crippen LogP contribution in [-0.2, 0) is 0 Å². The van der Waals surface area contributed by atoms with E-state index in [9.17, 15) is 47.6 Å². The third kappa shape index (κ3) is 6.24. The van der Waals surface area contributed by atoms with E-state index >= 15 is 0 Å². The average Bonchev–Trinajstić information content (AvgIpc) is 2.77. The maximum atomic E-state index is 14.4. The van der Waals surface area contributed by atoms with E-state index in [2.05, 4.69) is 9.72 Å². The molecule has 0 radical (unpaired) electrons. The Balaban J connectivity index is 2.23. The summed E-state index contributed by atoms with van der Waals surface area (Å²) in [6.45, 7) is -1.98. The Morgan fingerprint density at radius 2 is 1.78 bits per heavy atom. The van der Waals surface area contributed by atoms with Crippen molar-refractivity contribution in [2.24, 2.45) is 5.73 Å². The van der Waals surface area contributed by atoms with Crippen molar-refractivity contribution in [3.8, 4) is 22.6 Å². The number of alkyl halides is 3. The van der Waals surface area contributed by atoms with Gasteiger partial charge in [-0.25, -0.2) is 14.3 Å². The standard InChI is InChI=1S/C22H16ClF4N3O7/c23-13-2-1-3-14(24)17(13)20(33)30(22(34,35)36)19-16(37-9-21(25,26)27)7-11(8-29-19)12-6-10(18(28)32)4-5-15(12)31/h1-8,31,34-36H,9H2,(H2,28,32). The predicted octanol–water partition coefficient (Wildman–Crippen LogP) is 2.52. The Kier molecular flexibility index (Phi) is 7.59. The van der Waals surface area contributed by atoms with Gasteiger partial charge in [-0.15, -0.1) is 0 Å². The smallest absolute Gasteiger partial charge is 0.422 e. The molecule has 0 atom stereocenters. The second kappa shape index (κ2) is 10.2. The third-order valence-corrected chi connectivity index (χ3v) is 5.02. The molecule has 0 spiro atoms. The van der Waals surface area contributed by atoms with Crippen LogP contribution in [0.2, 0.25) is 5.02 Å². The van der Waals surface area contributed by atoms with Gasteiger partial charge in [-0.05, 0) is 36.4 Å². The van der Waals surface area contributed by atoms with Gasteiger partial charge in [0.2, 0.25) is 5.91 Å². The highest BCUT2D eigenvalue weighted by Gasteiger charge is 2.41. The molecule has 15 heteroatoms. The summed E-state index contributed by atoms with van der Waals surface area (Å²) < 4.78 is 57.9. The van der Waals surface area contributed by atoms with Crippen molar-refractivity contribution in [2.75, 3.05) is 11.5 Å². The fourth-order valence-corrected chi connectivity index (χ4v) is 3.37. The number of ether oxygens (including phenoxy) is 1. The summed E-state index contributed by atoms with van der Waals surface area (Å²) in [5, 5.41) is 39.2. The maximum absolute atomic E-state index is 14.4. The van der Waals surface area contributed by atoms with Crippen LogP contribution >= 0.6 is 11.6 Å². The monoisotopic (exact) mass is 545 g/mol. The van der Waals surface area contributed by atoms with Crippen LogP contribution in [0.15, 0.2) is 48.7 Å². The molecule has 10 nitrogen and oxygen atoms in total. The summed E-state index contributed by atoms with van der Waals surface area (Å²) >= 11 is 5.83. The Bertz CT molecular complexity index is 1340. The number of phenols is 1. The van der Waals surface area contributed by atoms with Crippen molar-refractivity contribution in [1.29, 1.82) is 0 Å². The number of hydrogen-bond acceptors (Lipinski definition) is 8. The molecule has 2 aromatic carbocycles. The molecule has 3 rings (SSSR count). The number of aromatic nitrogens is 1. The summed E-state index contributed by atoms with van der Waals surface area (Å²) in [6, 6.07) is 7.03. The number of carbonyl (C=O) groups excluding carboxylic acids is 2. The summed E-state index contributed by atoms with van der Waals surface area (Å²) in [6.07, 6.45) is -8.24. The van der Waals surface area contributed by atoms with Crippen LogP contribution in [-0.4, -0.2) is 56.1 Å². The van der Waals surface area contributed by atoms with Crippen LogP contribution in [0.25, 0.3) is 11.1 Å². The van der Waals surface area contributed by atoms with Crippen molar-refractivity contribution in [1.82, 2.24) is 4.98 Å². The molecule has 0 aliphatic rings. The van der Waals surface area contributed by atoms with Gasteiger partial charge in [-0.3, -0.25) is 9.59 Å². The molecule has 6 N–H and O–H groups in total. The fourth-order valence-electron chi connectivity index (χ4n) is 3.13. The van der Waals surface area contributed by atoms with E-state index in [1.807, 2.05) is 0 Å². The first-order valence-corrected chi connectivity index (χ1v) is 10.3. The van der Waals surface area contributed by atoms with E-state index in [4.69, 9.17) is 17.3 Å².